The van der Waals surface area contributed by atoms with Crippen LogP contribution >= 0.6 is 0 Å². The number of fused-ring (bicyclic) bond motifs is 1. The zero-order valence-corrected chi connectivity index (χ0v) is 16.0. The van der Waals surface area contributed by atoms with Crippen LogP contribution in [0.4, 0.5) is 15.8 Å². The zero-order chi connectivity index (χ0) is 20.9. The molecule has 0 spiro atoms. The van der Waals surface area contributed by atoms with E-state index in [2.05, 4.69) is 10.6 Å². The summed E-state index contributed by atoms with van der Waals surface area (Å²) in [7, 11) is 0. The summed E-state index contributed by atoms with van der Waals surface area (Å²) in [6.45, 7) is 0.152. The van der Waals surface area contributed by atoms with Crippen LogP contribution in [0.15, 0.2) is 66.7 Å². The molecule has 4 rings (SSSR count). The highest BCUT2D eigenvalue weighted by Crippen LogP contribution is 2.34. The first-order valence-corrected chi connectivity index (χ1v) is 9.43. The molecule has 1 aliphatic heterocycles. The molecule has 2 amide bonds. The Morgan fingerprint density at radius 2 is 1.67 bits per heavy atom. The molecule has 1 aliphatic rings. The normalized spacial score (nSPS) is 11.8. The summed E-state index contributed by atoms with van der Waals surface area (Å²) < 4.78 is 23.6. The largest absolute Gasteiger partial charge is 0.454 e. The number of para-hydroxylation sites is 1. The van der Waals surface area contributed by atoms with Crippen LogP contribution in [0, 0.1) is 5.82 Å². The van der Waals surface area contributed by atoms with Gasteiger partial charge in [0.25, 0.3) is 5.91 Å². The van der Waals surface area contributed by atoms with Crippen LogP contribution in [0.2, 0.25) is 0 Å². The van der Waals surface area contributed by atoms with E-state index < -0.39 is 0 Å². The van der Waals surface area contributed by atoms with Crippen molar-refractivity contribution in [3.63, 3.8) is 0 Å². The number of rotatable bonds is 6. The van der Waals surface area contributed by atoms with Crippen LogP contribution in [-0.4, -0.2) is 18.6 Å². The van der Waals surface area contributed by atoms with E-state index >= 15 is 0 Å². The number of carbonyl (C=O) groups excluding carboxylic acids is 2. The van der Waals surface area contributed by atoms with Gasteiger partial charge in [-0.2, -0.15) is 0 Å². The van der Waals surface area contributed by atoms with Gasteiger partial charge in [0.2, 0.25) is 12.7 Å². The lowest BCUT2D eigenvalue weighted by atomic mass is 10.1. The number of anilines is 2. The molecule has 152 valence electrons. The lowest BCUT2D eigenvalue weighted by Crippen LogP contribution is -2.18. The molecule has 6 nitrogen and oxygen atoms in total. The third-order valence-corrected chi connectivity index (χ3v) is 4.63. The van der Waals surface area contributed by atoms with E-state index in [1.807, 2.05) is 0 Å². The Hall–Kier alpha value is -3.87. The van der Waals surface area contributed by atoms with E-state index in [0.29, 0.717) is 34.9 Å². The average molecular weight is 406 g/mol. The Kier molecular flexibility index (Phi) is 5.61. The van der Waals surface area contributed by atoms with Crippen LogP contribution in [0.1, 0.15) is 22.3 Å². The van der Waals surface area contributed by atoms with Crippen LogP contribution < -0.4 is 20.1 Å². The van der Waals surface area contributed by atoms with Crippen molar-refractivity contribution >= 4 is 23.2 Å². The van der Waals surface area contributed by atoms with Crippen molar-refractivity contribution in [2.24, 2.45) is 0 Å². The van der Waals surface area contributed by atoms with Gasteiger partial charge in [0.15, 0.2) is 11.5 Å². The molecule has 0 unspecified atom stereocenters. The standard InChI is InChI=1S/C23H19FN2O4/c24-16-8-5-15(6-9-16)7-12-22(27)26-19-4-2-1-3-18(19)23(28)25-17-10-11-20-21(13-17)30-14-29-20/h1-6,8-11,13H,7,12,14H2,(H,25,28)(H,26,27). The number of ether oxygens (including phenoxy) is 2. The Balaban J connectivity index is 1.40. The van der Waals surface area contributed by atoms with E-state index in [-0.39, 0.29) is 30.8 Å². The van der Waals surface area contributed by atoms with Gasteiger partial charge in [-0.3, -0.25) is 9.59 Å². The topological polar surface area (TPSA) is 76.7 Å². The van der Waals surface area contributed by atoms with E-state index in [1.54, 1.807) is 54.6 Å². The van der Waals surface area contributed by atoms with Crippen molar-refractivity contribution in [1.29, 1.82) is 0 Å². The van der Waals surface area contributed by atoms with Gasteiger partial charge in [-0.05, 0) is 48.4 Å². The predicted octanol–water partition coefficient (Wildman–Crippen LogP) is 4.38. The van der Waals surface area contributed by atoms with Crippen molar-refractivity contribution in [2.75, 3.05) is 17.4 Å². The summed E-state index contributed by atoms with van der Waals surface area (Å²) in [4.78, 5) is 25.1. The number of halogens is 1. The third kappa shape index (κ3) is 4.57. The molecule has 0 atom stereocenters. The molecule has 1 heterocycles. The van der Waals surface area contributed by atoms with Gasteiger partial charge >= 0.3 is 0 Å². The van der Waals surface area contributed by atoms with Crippen molar-refractivity contribution < 1.29 is 23.5 Å². The van der Waals surface area contributed by atoms with Gasteiger partial charge in [0, 0.05) is 18.2 Å². The molecule has 3 aromatic rings. The van der Waals surface area contributed by atoms with E-state index in [4.69, 9.17) is 9.47 Å². The molecule has 7 heteroatoms. The molecule has 0 fully saturated rings. The second-order valence-electron chi connectivity index (χ2n) is 6.74. The first-order chi connectivity index (χ1) is 14.6. The molecule has 30 heavy (non-hydrogen) atoms. The second kappa shape index (κ2) is 8.65. The molecule has 0 radical (unpaired) electrons. The predicted molar refractivity (Wildman–Crippen MR) is 110 cm³/mol. The second-order valence-corrected chi connectivity index (χ2v) is 6.74. The Labute approximate surface area is 172 Å². The highest BCUT2D eigenvalue weighted by Gasteiger charge is 2.17. The lowest BCUT2D eigenvalue weighted by Gasteiger charge is -2.12. The maximum absolute atomic E-state index is 13.0. The molecule has 0 aromatic heterocycles. The summed E-state index contributed by atoms with van der Waals surface area (Å²) in [5.74, 6) is 0.286. The minimum absolute atomic E-state index is 0.152. The van der Waals surface area contributed by atoms with Crippen LogP contribution in [0.25, 0.3) is 0 Å². The van der Waals surface area contributed by atoms with Gasteiger partial charge in [0.1, 0.15) is 5.82 Å². The minimum Gasteiger partial charge on any atom is -0.454 e. The minimum atomic E-state index is -0.358. The number of aryl methyl sites for hydroxylation is 1. The van der Waals surface area contributed by atoms with E-state index in [1.165, 1.54) is 12.1 Å². The number of nitrogens with one attached hydrogen (secondary N) is 2. The maximum atomic E-state index is 13.0. The quantitative estimate of drug-likeness (QED) is 0.637. The number of hydrogen-bond donors (Lipinski definition) is 2. The van der Waals surface area contributed by atoms with Gasteiger partial charge < -0.3 is 20.1 Å². The summed E-state index contributed by atoms with van der Waals surface area (Å²) in [6.07, 6.45) is 0.682. The fourth-order valence-electron chi connectivity index (χ4n) is 3.08. The van der Waals surface area contributed by atoms with Gasteiger partial charge in [-0.1, -0.05) is 24.3 Å². The maximum Gasteiger partial charge on any atom is 0.257 e. The highest BCUT2D eigenvalue weighted by atomic mass is 19.1. The number of hydrogen-bond acceptors (Lipinski definition) is 4. The molecule has 3 aromatic carbocycles. The zero-order valence-electron chi connectivity index (χ0n) is 16.0. The molecular formula is C23H19FN2O4. The van der Waals surface area contributed by atoms with Crippen LogP contribution in [0.3, 0.4) is 0 Å². The van der Waals surface area contributed by atoms with Crippen LogP contribution in [-0.2, 0) is 11.2 Å². The first kappa shape index (κ1) is 19.4. The first-order valence-electron chi connectivity index (χ1n) is 9.43. The lowest BCUT2D eigenvalue weighted by molar-refractivity contribution is -0.116. The molecule has 0 aliphatic carbocycles. The summed E-state index contributed by atoms with van der Waals surface area (Å²) in [5.41, 5.74) is 2.17. The number of carbonyl (C=O) groups is 2. The van der Waals surface area contributed by atoms with E-state index in [9.17, 15) is 14.0 Å². The summed E-state index contributed by atoms with van der Waals surface area (Å²) in [6, 6.07) is 17.9. The summed E-state index contributed by atoms with van der Waals surface area (Å²) in [5, 5.41) is 5.59. The summed E-state index contributed by atoms with van der Waals surface area (Å²) >= 11 is 0. The molecule has 0 saturated heterocycles. The monoisotopic (exact) mass is 406 g/mol. The molecule has 0 saturated carbocycles. The fourth-order valence-corrected chi connectivity index (χ4v) is 3.08. The number of benzene rings is 3. The fraction of sp³-hybridized carbons (Fsp3) is 0.130. The SMILES string of the molecule is O=C(CCc1ccc(F)cc1)Nc1ccccc1C(=O)Nc1ccc2c(c1)OCO2. The van der Waals surface area contributed by atoms with E-state index in [0.717, 1.165) is 5.56 Å². The average Bonchev–Trinajstić information content (AvgIpc) is 3.21. The Morgan fingerprint density at radius 1 is 0.900 bits per heavy atom. The van der Waals surface area contributed by atoms with Gasteiger partial charge in [-0.15, -0.1) is 0 Å². The highest BCUT2D eigenvalue weighted by molar-refractivity contribution is 6.10. The molecule has 0 bridgehead atoms. The Bertz CT molecular complexity index is 1080. The van der Waals surface area contributed by atoms with Crippen molar-refractivity contribution in [2.45, 2.75) is 12.8 Å². The molecular weight excluding hydrogens is 387 g/mol. The van der Waals surface area contributed by atoms with Crippen LogP contribution in [0.5, 0.6) is 11.5 Å². The van der Waals surface area contributed by atoms with Gasteiger partial charge in [-0.25, -0.2) is 4.39 Å². The smallest absolute Gasteiger partial charge is 0.257 e. The third-order valence-electron chi connectivity index (χ3n) is 4.63. The number of amides is 2. The van der Waals surface area contributed by atoms with Crippen molar-refractivity contribution in [3.8, 4) is 11.5 Å². The van der Waals surface area contributed by atoms with Crippen molar-refractivity contribution in [3.05, 3.63) is 83.7 Å². The van der Waals surface area contributed by atoms with Gasteiger partial charge in [0.05, 0.1) is 11.3 Å². The molecule has 2 N–H and O–H groups in total. The van der Waals surface area contributed by atoms with Crippen molar-refractivity contribution in [1.82, 2.24) is 0 Å². The Morgan fingerprint density at radius 3 is 2.50 bits per heavy atom.